The van der Waals surface area contributed by atoms with Crippen LogP contribution < -0.4 is 9.62 Å². The minimum absolute atomic E-state index is 0.130. The quantitative estimate of drug-likeness (QED) is 0.294. The zero-order chi connectivity index (χ0) is 23.1. The Morgan fingerprint density at radius 2 is 1.82 bits per heavy atom. The second-order valence-electron chi connectivity index (χ2n) is 7.53. The molecule has 1 aliphatic heterocycles. The first-order valence-corrected chi connectivity index (χ1v) is 11.1. The van der Waals surface area contributed by atoms with E-state index in [9.17, 15) is 9.90 Å². The second kappa shape index (κ2) is 8.80. The van der Waals surface area contributed by atoms with Crippen LogP contribution in [-0.4, -0.2) is 15.6 Å². The van der Waals surface area contributed by atoms with Gasteiger partial charge in [-0.05, 0) is 54.1 Å². The summed E-state index contributed by atoms with van der Waals surface area (Å²) < 4.78 is 7.57. The molecular weight excluding hydrogens is 489 g/mol. The van der Waals surface area contributed by atoms with Gasteiger partial charge in [-0.2, -0.15) is 4.89 Å². The monoisotopic (exact) mass is 503 g/mol. The van der Waals surface area contributed by atoms with E-state index in [-0.39, 0.29) is 18.8 Å². The van der Waals surface area contributed by atoms with E-state index in [1.165, 1.54) is 0 Å². The molecule has 0 amide bonds. The van der Waals surface area contributed by atoms with Gasteiger partial charge in [-0.1, -0.05) is 40.9 Å². The van der Waals surface area contributed by atoms with Crippen molar-refractivity contribution in [3.63, 3.8) is 0 Å². The molecule has 0 radical (unpaired) electrons. The predicted octanol–water partition coefficient (Wildman–Crippen LogP) is 6.75. The van der Waals surface area contributed by atoms with Crippen molar-refractivity contribution < 1.29 is 24.4 Å². The van der Waals surface area contributed by atoms with Crippen LogP contribution in [0.2, 0.25) is 15.1 Å². The third kappa shape index (κ3) is 4.23. The summed E-state index contributed by atoms with van der Waals surface area (Å²) in [5, 5.41) is 12.1. The molecule has 1 aliphatic rings. The second-order valence-corrected chi connectivity index (χ2v) is 8.75. The third-order valence-electron chi connectivity index (χ3n) is 5.46. The summed E-state index contributed by atoms with van der Waals surface area (Å²) in [4.78, 5) is 22.1. The van der Waals surface area contributed by atoms with E-state index in [1.807, 2.05) is 6.07 Å². The SMILES string of the molecule is O=C(O)c1cc2cc(OCc3c(Cl)cccc3Cl)ccc2n1Cc1cc2c(cc1Cl)COO2. The first kappa shape index (κ1) is 21.9. The molecule has 0 saturated carbocycles. The van der Waals surface area contributed by atoms with E-state index < -0.39 is 5.97 Å². The molecule has 4 aromatic rings. The van der Waals surface area contributed by atoms with Gasteiger partial charge in [-0.25, -0.2) is 4.79 Å². The highest BCUT2D eigenvalue weighted by Gasteiger charge is 2.20. The van der Waals surface area contributed by atoms with Crippen LogP contribution in [0.3, 0.4) is 0 Å². The smallest absolute Gasteiger partial charge is 0.352 e. The maximum Gasteiger partial charge on any atom is 0.352 e. The molecule has 3 aromatic carbocycles. The van der Waals surface area contributed by atoms with Gasteiger partial charge >= 0.3 is 5.97 Å². The maximum absolute atomic E-state index is 12.0. The Labute approximate surface area is 203 Å². The molecule has 0 spiro atoms. The van der Waals surface area contributed by atoms with Crippen molar-refractivity contribution in [3.05, 3.63) is 92.0 Å². The maximum atomic E-state index is 12.0. The number of halogens is 3. The lowest BCUT2D eigenvalue weighted by Gasteiger charge is -2.12. The van der Waals surface area contributed by atoms with Crippen LogP contribution in [0, 0.1) is 0 Å². The molecule has 9 heteroatoms. The fourth-order valence-corrected chi connectivity index (χ4v) is 4.54. The molecule has 0 saturated heterocycles. The zero-order valence-electron chi connectivity index (χ0n) is 17.0. The number of hydrogen-bond acceptors (Lipinski definition) is 4. The number of nitrogens with zero attached hydrogens (tertiary/aromatic N) is 1. The highest BCUT2D eigenvalue weighted by atomic mass is 35.5. The van der Waals surface area contributed by atoms with Gasteiger partial charge in [0.25, 0.3) is 0 Å². The van der Waals surface area contributed by atoms with Gasteiger partial charge in [-0.3, -0.25) is 0 Å². The van der Waals surface area contributed by atoms with Crippen LogP contribution in [0.5, 0.6) is 11.5 Å². The van der Waals surface area contributed by atoms with E-state index in [0.29, 0.717) is 44.1 Å². The average Bonchev–Trinajstić information content (AvgIpc) is 3.37. The Bertz CT molecular complexity index is 1380. The number of aromatic nitrogens is 1. The molecule has 5 rings (SSSR count). The lowest BCUT2D eigenvalue weighted by molar-refractivity contribution is -0.194. The normalized spacial score (nSPS) is 12.6. The summed E-state index contributed by atoms with van der Waals surface area (Å²) in [6, 6.07) is 15.8. The predicted molar refractivity (Wildman–Crippen MR) is 126 cm³/mol. The molecule has 0 fully saturated rings. The molecule has 33 heavy (non-hydrogen) atoms. The summed E-state index contributed by atoms with van der Waals surface area (Å²) >= 11 is 18.9. The number of aromatic carboxylic acids is 1. The number of ether oxygens (including phenoxy) is 1. The van der Waals surface area contributed by atoms with Crippen LogP contribution in [0.1, 0.15) is 27.2 Å². The number of rotatable bonds is 6. The van der Waals surface area contributed by atoms with E-state index in [1.54, 1.807) is 53.1 Å². The Kier molecular flexibility index (Phi) is 5.85. The van der Waals surface area contributed by atoms with Crippen LogP contribution in [-0.2, 0) is 24.6 Å². The first-order valence-electron chi connectivity index (χ1n) is 9.94. The molecule has 0 bridgehead atoms. The van der Waals surface area contributed by atoms with Gasteiger partial charge in [0, 0.05) is 37.1 Å². The van der Waals surface area contributed by atoms with Crippen LogP contribution in [0.25, 0.3) is 10.9 Å². The van der Waals surface area contributed by atoms with Crippen molar-refractivity contribution >= 4 is 51.7 Å². The minimum atomic E-state index is -1.05. The van der Waals surface area contributed by atoms with Gasteiger partial charge in [0.1, 0.15) is 24.7 Å². The van der Waals surface area contributed by atoms with E-state index in [2.05, 4.69) is 0 Å². The molecule has 1 N–H and O–H groups in total. The number of carboxylic acid groups (broad SMARTS) is 1. The molecular formula is C24H16Cl3NO5. The Hall–Kier alpha value is -2.90. The Morgan fingerprint density at radius 1 is 1.03 bits per heavy atom. The molecule has 0 aliphatic carbocycles. The average molecular weight is 505 g/mol. The molecule has 0 atom stereocenters. The van der Waals surface area contributed by atoms with Gasteiger partial charge in [0.15, 0.2) is 5.75 Å². The van der Waals surface area contributed by atoms with Crippen LogP contribution in [0.4, 0.5) is 0 Å². The Balaban J connectivity index is 1.47. The van der Waals surface area contributed by atoms with Crippen LogP contribution in [0.15, 0.2) is 54.6 Å². The van der Waals surface area contributed by atoms with Gasteiger partial charge in [0.05, 0.1) is 6.54 Å². The third-order valence-corrected chi connectivity index (χ3v) is 6.52. The van der Waals surface area contributed by atoms with E-state index in [4.69, 9.17) is 49.3 Å². The van der Waals surface area contributed by atoms with E-state index in [0.717, 1.165) is 16.6 Å². The van der Waals surface area contributed by atoms with Gasteiger partial charge in [0.2, 0.25) is 0 Å². The largest absolute Gasteiger partial charge is 0.489 e. The summed E-state index contributed by atoms with van der Waals surface area (Å²) in [7, 11) is 0. The summed E-state index contributed by atoms with van der Waals surface area (Å²) in [5.41, 5.74) is 3.10. The van der Waals surface area contributed by atoms with Crippen molar-refractivity contribution in [1.29, 1.82) is 0 Å². The van der Waals surface area contributed by atoms with Crippen molar-refractivity contribution in [2.45, 2.75) is 19.8 Å². The number of carboxylic acids is 1. The van der Waals surface area contributed by atoms with Crippen molar-refractivity contribution in [3.8, 4) is 11.5 Å². The summed E-state index contributed by atoms with van der Waals surface area (Å²) in [6.07, 6.45) is 0. The molecule has 0 unspecified atom stereocenters. The van der Waals surface area contributed by atoms with Crippen molar-refractivity contribution in [2.75, 3.05) is 0 Å². The fraction of sp³-hybridized carbons (Fsp3) is 0.125. The number of fused-ring (bicyclic) bond motifs is 2. The fourth-order valence-electron chi connectivity index (χ4n) is 3.79. The lowest BCUT2D eigenvalue weighted by Crippen LogP contribution is -2.09. The van der Waals surface area contributed by atoms with Gasteiger partial charge < -0.3 is 19.3 Å². The highest BCUT2D eigenvalue weighted by molar-refractivity contribution is 6.36. The summed E-state index contributed by atoms with van der Waals surface area (Å²) in [6.45, 7) is 0.754. The van der Waals surface area contributed by atoms with Gasteiger partial charge in [-0.15, -0.1) is 0 Å². The Morgan fingerprint density at radius 3 is 2.58 bits per heavy atom. The first-order chi connectivity index (χ1) is 15.9. The molecule has 1 aromatic heterocycles. The van der Waals surface area contributed by atoms with Crippen molar-refractivity contribution in [2.24, 2.45) is 0 Å². The lowest BCUT2D eigenvalue weighted by atomic mass is 10.1. The number of carbonyl (C=O) groups is 1. The highest BCUT2D eigenvalue weighted by Crippen LogP contribution is 2.34. The zero-order valence-corrected chi connectivity index (χ0v) is 19.2. The van der Waals surface area contributed by atoms with E-state index >= 15 is 0 Å². The molecule has 2 heterocycles. The summed E-state index contributed by atoms with van der Waals surface area (Å²) in [5.74, 6) is 0.0960. The standard InChI is InChI=1S/C24H16Cl3NO5/c25-18-2-1-3-19(26)17(18)12-31-16-4-5-21-13(6-16)8-22(24(29)30)28(21)10-14-9-23-15(7-20(14)27)11-32-33-23/h1-9H,10-12H2,(H,29,30). The number of hydrogen-bond donors (Lipinski definition) is 1. The minimum Gasteiger partial charge on any atom is -0.489 e. The number of benzene rings is 3. The van der Waals surface area contributed by atoms with Crippen LogP contribution >= 0.6 is 34.8 Å². The topological polar surface area (TPSA) is 69.9 Å². The molecule has 168 valence electrons. The van der Waals surface area contributed by atoms with Crippen molar-refractivity contribution in [1.82, 2.24) is 4.57 Å². The molecule has 6 nitrogen and oxygen atoms in total.